The molecule has 2 aromatic rings. The molecule has 0 atom stereocenters. The Balaban J connectivity index is 1.94. The molecule has 0 saturated carbocycles. The van der Waals surface area contributed by atoms with Crippen molar-refractivity contribution in [3.8, 4) is 5.75 Å². The number of carbonyl (C=O) groups excluding carboxylic acids is 2. The summed E-state index contributed by atoms with van der Waals surface area (Å²) in [5, 5.41) is 5.08. The van der Waals surface area contributed by atoms with Crippen molar-refractivity contribution >= 4 is 17.6 Å². The minimum atomic E-state index is -4.75. The summed E-state index contributed by atoms with van der Waals surface area (Å²) in [6.45, 7) is 1.43. The normalized spacial score (nSPS) is 10.9. The Morgan fingerprint density at radius 1 is 1.16 bits per heavy atom. The highest BCUT2D eigenvalue weighted by Crippen LogP contribution is 2.22. The van der Waals surface area contributed by atoms with Gasteiger partial charge in [-0.15, -0.1) is 13.2 Å². The molecule has 0 aliphatic heterocycles. The number of rotatable bonds is 5. The highest BCUT2D eigenvalue weighted by molar-refractivity contribution is 5.96. The number of hydrogen-bond acceptors (Lipinski definition) is 4. The van der Waals surface area contributed by atoms with Crippen LogP contribution in [-0.2, 0) is 11.3 Å². The highest BCUT2D eigenvalue weighted by Gasteiger charge is 2.30. The summed E-state index contributed by atoms with van der Waals surface area (Å²) >= 11 is 0. The molecule has 0 unspecified atom stereocenters. The molecule has 0 spiro atoms. The molecule has 0 aliphatic carbocycles. The van der Waals surface area contributed by atoms with Crippen LogP contribution in [0.5, 0.6) is 5.75 Å². The second-order valence-electron chi connectivity index (χ2n) is 4.99. The summed E-state index contributed by atoms with van der Waals surface area (Å²) in [5.74, 6) is -0.818. The molecule has 0 aliphatic rings. The molecule has 1 aromatic heterocycles. The maximum Gasteiger partial charge on any atom is 0.573 e. The standard InChI is InChI=1S/C16H14F3N3O3/c1-10(23)22-14-8-12(6-7-20-14)15(24)21-9-11-2-4-13(5-3-11)25-16(17,18)19/h2-8H,9H2,1H3,(H,21,24)(H,20,22,23). The maximum absolute atomic E-state index is 12.1. The van der Waals surface area contributed by atoms with E-state index in [1.165, 1.54) is 37.4 Å². The molecule has 1 aromatic carbocycles. The average Bonchev–Trinajstić information content (AvgIpc) is 2.52. The van der Waals surface area contributed by atoms with Gasteiger partial charge in [0.15, 0.2) is 0 Å². The number of benzene rings is 1. The van der Waals surface area contributed by atoms with Crippen molar-refractivity contribution in [2.24, 2.45) is 0 Å². The lowest BCUT2D eigenvalue weighted by Crippen LogP contribution is -2.23. The molecule has 0 fully saturated rings. The fourth-order valence-corrected chi connectivity index (χ4v) is 1.91. The van der Waals surface area contributed by atoms with Gasteiger partial charge in [0, 0.05) is 25.2 Å². The largest absolute Gasteiger partial charge is 0.573 e. The van der Waals surface area contributed by atoms with E-state index >= 15 is 0 Å². The predicted octanol–water partition coefficient (Wildman–Crippen LogP) is 2.87. The Labute approximate surface area is 141 Å². The molecule has 2 N–H and O–H groups in total. The molecule has 0 radical (unpaired) electrons. The number of anilines is 1. The van der Waals surface area contributed by atoms with Gasteiger partial charge in [-0.1, -0.05) is 12.1 Å². The summed E-state index contributed by atoms with van der Waals surface area (Å²) in [5.41, 5.74) is 0.884. The zero-order valence-corrected chi connectivity index (χ0v) is 13.1. The second kappa shape index (κ2) is 7.65. The van der Waals surface area contributed by atoms with E-state index < -0.39 is 12.3 Å². The first-order valence-electron chi connectivity index (χ1n) is 7.09. The molecule has 6 nitrogen and oxygen atoms in total. The number of aromatic nitrogens is 1. The Morgan fingerprint density at radius 3 is 2.44 bits per heavy atom. The van der Waals surface area contributed by atoms with Crippen molar-refractivity contribution in [3.05, 3.63) is 53.7 Å². The fraction of sp³-hybridized carbons (Fsp3) is 0.188. The molecule has 0 saturated heterocycles. The van der Waals surface area contributed by atoms with Crippen LogP contribution in [0.4, 0.5) is 19.0 Å². The molecule has 9 heteroatoms. The first-order chi connectivity index (χ1) is 11.7. The topological polar surface area (TPSA) is 80.3 Å². The minimum Gasteiger partial charge on any atom is -0.406 e. The van der Waals surface area contributed by atoms with Gasteiger partial charge in [-0.25, -0.2) is 4.98 Å². The lowest BCUT2D eigenvalue weighted by Gasteiger charge is -2.10. The van der Waals surface area contributed by atoms with Crippen molar-refractivity contribution in [2.45, 2.75) is 19.8 Å². The minimum absolute atomic E-state index is 0.114. The van der Waals surface area contributed by atoms with Gasteiger partial charge >= 0.3 is 6.36 Å². The lowest BCUT2D eigenvalue weighted by atomic mass is 10.2. The van der Waals surface area contributed by atoms with Crippen LogP contribution in [0.25, 0.3) is 0 Å². The number of alkyl halides is 3. The zero-order chi connectivity index (χ0) is 18.4. The Morgan fingerprint density at radius 2 is 1.84 bits per heavy atom. The summed E-state index contributed by atoms with van der Waals surface area (Å²) in [6.07, 6.45) is -3.37. The van der Waals surface area contributed by atoms with E-state index in [-0.39, 0.29) is 29.6 Å². The Bertz CT molecular complexity index is 761. The van der Waals surface area contributed by atoms with Crippen LogP contribution in [0.15, 0.2) is 42.6 Å². The monoisotopic (exact) mass is 353 g/mol. The first kappa shape index (κ1) is 18.2. The number of hydrogen-bond donors (Lipinski definition) is 2. The van der Waals surface area contributed by atoms with E-state index in [9.17, 15) is 22.8 Å². The average molecular weight is 353 g/mol. The molecular weight excluding hydrogens is 339 g/mol. The van der Waals surface area contributed by atoms with Crippen LogP contribution in [0.3, 0.4) is 0 Å². The number of amides is 2. The van der Waals surface area contributed by atoms with E-state index in [1.54, 1.807) is 0 Å². The van der Waals surface area contributed by atoms with Gasteiger partial charge in [0.2, 0.25) is 5.91 Å². The number of halogens is 3. The lowest BCUT2D eigenvalue weighted by molar-refractivity contribution is -0.274. The van der Waals surface area contributed by atoms with E-state index in [0.717, 1.165) is 12.1 Å². The number of carbonyl (C=O) groups is 2. The Kier molecular flexibility index (Phi) is 5.58. The first-order valence-corrected chi connectivity index (χ1v) is 7.09. The van der Waals surface area contributed by atoms with Crippen molar-refractivity contribution in [1.82, 2.24) is 10.3 Å². The van der Waals surface area contributed by atoms with Gasteiger partial charge in [-0.3, -0.25) is 9.59 Å². The van der Waals surface area contributed by atoms with Gasteiger partial charge < -0.3 is 15.4 Å². The molecule has 2 amide bonds. The van der Waals surface area contributed by atoms with E-state index in [1.807, 2.05) is 0 Å². The number of ether oxygens (including phenoxy) is 1. The highest BCUT2D eigenvalue weighted by atomic mass is 19.4. The van der Waals surface area contributed by atoms with Gasteiger partial charge in [-0.05, 0) is 29.8 Å². The summed E-state index contributed by atoms with van der Waals surface area (Å²) in [4.78, 5) is 27.0. The quantitative estimate of drug-likeness (QED) is 0.866. The molecule has 1 heterocycles. The maximum atomic E-state index is 12.1. The summed E-state index contributed by atoms with van der Waals surface area (Å²) in [6, 6.07) is 8.04. The van der Waals surface area contributed by atoms with Crippen LogP contribution >= 0.6 is 0 Å². The third kappa shape index (κ3) is 6.13. The molecule has 0 bridgehead atoms. The van der Waals surface area contributed by atoms with Gasteiger partial charge in [0.05, 0.1) is 0 Å². The summed E-state index contributed by atoms with van der Waals surface area (Å²) in [7, 11) is 0. The molecule has 2 rings (SSSR count). The van der Waals surface area contributed by atoms with Crippen LogP contribution in [0.1, 0.15) is 22.8 Å². The van der Waals surface area contributed by atoms with Crippen LogP contribution in [-0.4, -0.2) is 23.2 Å². The number of nitrogens with one attached hydrogen (secondary N) is 2. The van der Waals surface area contributed by atoms with Gasteiger partial charge in [0.25, 0.3) is 5.91 Å². The fourth-order valence-electron chi connectivity index (χ4n) is 1.91. The molecule has 132 valence electrons. The van der Waals surface area contributed by atoms with Crippen molar-refractivity contribution in [1.29, 1.82) is 0 Å². The van der Waals surface area contributed by atoms with E-state index in [4.69, 9.17) is 0 Å². The third-order valence-electron chi connectivity index (χ3n) is 2.94. The molecule has 25 heavy (non-hydrogen) atoms. The van der Waals surface area contributed by atoms with Crippen molar-refractivity contribution < 1.29 is 27.5 Å². The van der Waals surface area contributed by atoms with E-state index in [2.05, 4.69) is 20.4 Å². The Hall–Kier alpha value is -3.10. The van der Waals surface area contributed by atoms with Crippen LogP contribution in [0.2, 0.25) is 0 Å². The SMILES string of the molecule is CC(=O)Nc1cc(C(=O)NCc2ccc(OC(F)(F)F)cc2)ccn1. The smallest absolute Gasteiger partial charge is 0.406 e. The van der Waals surface area contributed by atoms with Crippen LogP contribution < -0.4 is 15.4 Å². The number of nitrogens with zero attached hydrogens (tertiary/aromatic N) is 1. The van der Waals surface area contributed by atoms with Gasteiger partial charge in [-0.2, -0.15) is 0 Å². The number of pyridine rings is 1. The van der Waals surface area contributed by atoms with Crippen LogP contribution in [0, 0.1) is 0 Å². The van der Waals surface area contributed by atoms with E-state index in [0.29, 0.717) is 5.56 Å². The predicted molar refractivity (Wildman–Crippen MR) is 82.8 cm³/mol. The van der Waals surface area contributed by atoms with Gasteiger partial charge in [0.1, 0.15) is 11.6 Å². The van der Waals surface area contributed by atoms with Crippen molar-refractivity contribution in [2.75, 3.05) is 5.32 Å². The zero-order valence-electron chi connectivity index (χ0n) is 13.1. The third-order valence-corrected chi connectivity index (χ3v) is 2.94. The molecular formula is C16H14F3N3O3. The summed E-state index contributed by atoms with van der Waals surface area (Å²) < 4.78 is 40.0. The second-order valence-corrected chi connectivity index (χ2v) is 4.99. The van der Waals surface area contributed by atoms with Crippen molar-refractivity contribution in [3.63, 3.8) is 0 Å².